The molecule has 0 bridgehead atoms. The molecule has 0 aromatic rings. The summed E-state index contributed by atoms with van der Waals surface area (Å²) >= 11 is 0. The predicted octanol–water partition coefficient (Wildman–Crippen LogP) is 7.41. The first-order valence-electron chi connectivity index (χ1n) is 10.9. The van der Waals surface area contributed by atoms with E-state index in [9.17, 15) is 0 Å². The van der Waals surface area contributed by atoms with Crippen LogP contribution in [0.3, 0.4) is 0 Å². The highest BCUT2D eigenvalue weighted by atomic mass is 14.6. The number of allylic oxidation sites excluding steroid dienone is 3. The smallest absolute Gasteiger partial charge is 0.0169 e. The van der Waals surface area contributed by atoms with Gasteiger partial charge in [-0.15, -0.1) is 0 Å². The summed E-state index contributed by atoms with van der Waals surface area (Å²) < 4.78 is 0. The summed E-state index contributed by atoms with van der Waals surface area (Å²) in [4.78, 5) is 0. The maximum absolute atomic E-state index is 4.02. The van der Waals surface area contributed by atoms with Crippen LogP contribution in [0.25, 0.3) is 0 Å². The summed E-state index contributed by atoms with van der Waals surface area (Å²) in [7, 11) is 0. The van der Waals surface area contributed by atoms with Gasteiger partial charge >= 0.3 is 0 Å². The Bertz CT molecular complexity index is 472. The van der Waals surface area contributed by atoms with Gasteiger partial charge in [0.1, 0.15) is 0 Å². The first kappa shape index (κ1) is 18.3. The van der Waals surface area contributed by atoms with Crippen LogP contribution in [0.4, 0.5) is 0 Å². The van der Waals surface area contributed by atoms with Crippen LogP contribution >= 0.6 is 0 Å². The number of hydrogen-bond donors (Lipinski definition) is 0. The third-order valence-corrected chi connectivity index (χ3v) is 8.33. The van der Waals surface area contributed by atoms with Gasteiger partial charge in [0, 0.05) is 0 Å². The number of rotatable bonds is 5. The summed E-state index contributed by atoms with van der Waals surface area (Å²) in [5, 5.41) is 0. The molecule has 0 amide bonds. The fraction of sp³-hybridized carbons (Fsp3) is 0.833. The van der Waals surface area contributed by atoms with Gasteiger partial charge in [-0.2, -0.15) is 0 Å². The molecule has 0 aromatic carbocycles. The van der Waals surface area contributed by atoms with E-state index in [1.54, 1.807) is 5.57 Å². The van der Waals surface area contributed by atoms with E-state index in [2.05, 4.69) is 46.4 Å². The van der Waals surface area contributed by atoms with Crippen molar-refractivity contribution >= 4 is 0 Å². The van der Waals surface area contributed by atoms with Gasteiger partial charge in [-0.05, 0) is 79.4 Å². The molecular weight excluding hydrogens is 288 g/mol. The molecule has 0 aliphatic heterocycles. The fourth-order valence-corrected chi connectivity index (χ4v) is 7.48. The second-order valence-corrected chi connectivity index (χ2v) is 9.39. The van der Waals surface area contributed by atoms with Crippen molar-refractivity contribution in [3.63, 3.8) is 0 Å². The molecule has 0 radical (unpaired) electrons. The lowest BCUT2D eigenvalue weighted by Crippen LogP contribution is -2.48. The van der Waals surface area contributed by atoms with Crippen LogP contribution in [0, 0.1) is 40.9 Å². The van der Waals surface area contributed by atoms with Crippen LogP contribution in [0.15, 0.2) is 24.3 Å². The standard InChI is InChI=1S/C24H40/c1-6-10-19-15-18(8-3)23-21(20(19)11-7-2)12-13-24(9-4)16-17(5)14-22(23)24/h6,10,17-18,20-23H,1,7-9,11-16H2,2-5H3/b19-10-/t17-,18?,20?,21?,22?,23?,24?/m1/s1. The molecule has 0 heteroatoms. The van der Waals surface area contributed by atoms with Crippen molar-refractivity contribution in [3.05, 3.63) is 24.3 Å². The summed E-state index contributed by atoms with van der Waals surface area (Å²) in [6.07, 6.45) is 17.4. The second-order valence-electron chi connectivity index (χ2n) is 9.39. The summed E-state index contributed by atoms with van der Waals surface area (Å²) in [5.41, 5.74) is 2.44. The molecule has 3 aliphatic carbocycles. The highest BCUT2D eigenvalue weighted by molar-refractivity contribution is 5.21. The fourth-order valence-electron chi connectivity index (χ4n) is 7.48. The van der Waals surface area contributed by atoms with E-state index in [1.807, 2.05) is 0 Å². The van der Waals surface area contributed by atoms with Crippen molar-refractivity contribution < 1.29 is 0 Å². The van der Waals surface area contributed by atoms with Crippen molar-refractivity contribution in [1.29, 1.82) is 0 Å². The van der Waals surface area contributed by atoms with Crippen molar-refractivity contribution in [2.75, 3.05) is 0 Å². The van der Waals surface area contributed by atoms with Gasteiger partial charge in [-0.1, -0.05) is 71.3 Å². The number of hydrogen-bond acceptors (Lipinski definition) is 0. The van der Waals surface area contributed by atoms with Crippen molar-refractivity contribution in [1.82, 2.24) is 0 Å². The minimum absolute atomic E-state index is 0.699. The van der Waals surface area contributed by atoms with E-state index >= 15 is 0 Å². The quantitative estimate of drug-likeness (QED) is 0.492. The zero-order chi connectivity index (χ0) is 17.3. The van der Waals surface area contributed by atoms with Gasteiger partial charge in [-0.3, -0.25) is 0 Å². The first-order valence-corrected chi connectivity index (χ1v) is 10.9. The second kappa shape index (κ2) is 7.38. The molecule has 0 aromatic heterocycles. The Labute approximate surface area is 151 Å². The molecule has 3 rings (SSSR count). The van der Waals surface area contributed by atoms with E-state index in [0.717, 1.165) is 35.5 Å². The molecule has 7 atom stereocenters. The van der Waals surface area contributed by atoms with E-state index in [4.69, 9.17) is 0 Å². The third kappa shape index (κ3) is 2.93. The maximum Gasteiger partial charge on any atom is -0.0169 e. The topological polar surface area (TPSA) is 0 Å². The minimum atomic E-state index is 0.699. The van der Waals surface area contributed by atoms with Gasteiger partial charge in [-0.25, -0.2) is 0 Å². The molecule has 0 N–H and O–H groups in total. The SMILES string of the molecule is C=C/C=C1/CC(CC)C2C(CCC3(CC)C[C@H](C)CC23)C1CCC. The number of fused-ring (bicyclic) bond motifs is 3. The van der Waals surface area contributed by atoms with E-state index in [1.165, 1.54) is 57.8 Å². The Morgan fingerprint density at radius 2 is 2.04 bits per heavy atom. The summed E-state index contributed by atoms with van der Waals surface area (Å²) in [5.74, 6) is 5.73. The van der Waals surface area contributed by atoms with Gasteiger partial charge < -0.3 is 0 Å². The van der Waals surface area contributed by atoms with Crippen molar-refractivity contribution in [3.8, 4) is 0 Å². The Hall–Kier alpha value is -0.520. The molecule has 3 saturated carbocycles. The Morgan fingerprint density at radius 1 is 1.25 bits per heavy atom. The zero-order valence-corrected chi connectivity index (χ0v) is 16.7. The maximum atomic E-state index is 4.02. The highest BCUT2D eigenvalue weighted by Crippen LogP contribution is 2.65. The van der Waals surface area contributed by atoms with Crippen LogP contribution in [-0.4, -0.2) is 0 Å². The molecule has 0 heterocycles. The highest BCUT2D eigenvalue weighted by Gasteiger charge is 2.56. The van der Waals surface area contributed by atoms with Crippen molar-refractivity contribution in [2.24, 2.45) is 40.9 Å². The summed E-state index contributed by atoms with van der Waals surface area (Å²) in [6, 6.07) is 0. The zero-order valence-electron chi connectivity index (χ0n) is 16.7. The molecule has 3 fully saturated rings. The average molecular weight is 329 g/mol. The average Bonchev–Trinajstić information content (AvgIpc) is 2.93. The van der Waals surface area contributed by atoms with E-state index in [0.29, 0.717) is 5.41 Å². The third-order valence-electron chi connectivity index (χ3n) is 8.33. The molecule has 24 heavy (non-hydrogen) atoms. The Kier molecular flexibility index (Phi) is 5.62. The molecule has 0 saturated heterocycles. The lowest BCUT2D eigenvalue weighted by molar-refractivity contribution is -0.0439. The minimum Gasteiger partial charge on any atom is -0.0991 e. The Morgan fingerprint density at radius 3 is 2.67 bits per heavy atom. The van der Waals surface area contributed by atoms with Gasteiger partial charge in [0.05, 0.1) is 0 Å². The lowest BCUT2D eigenvalue weighted by Gasteiger charge is -2.56. The van der Waals surface area contributed by atoms with Crippen LogP contribution in [0.2, 0.25) is 0 Å². The van der Waals surface area contributed by atoms with Crippen LogP contribution in [0.1, 0.15) is 85.5 Å². The molecule has 0 spiro atoms. The molecule has 3 aliphatic rings. The van der Waals surface area contributed by atoms with Crippen molar-refractivity contribution in [2.45, 2.75) is 85.5 Å². The molecular formula is C24H40. The van der Waals surface area contributed by atoms with Gasteiger partial charge in [0.2, 0.25) is 0 Å². The Balaban J connectivity index is 1.96. The van der Waals surface area contributed by atoms with Gasteiger partial charge in [0.15, 0.2) is 0 Å². The predicted molar refractivity (Wildman–Crippen MR) is 106 cm³/mol. The largest absolute Gasteiger partial charge is 0.0991 e. The lowest BCUT2D eigenvalue weighted by atomic mass is 9.49. The molecule has 136 valence electrons. The van der Waals surface area contributed by atoms with Gasteiger partial charge in [0.25, 0.3) is 0 Å². The molecule has 6 unspecified atom stereocenters. The van der Waals surface area contributed by atoms with E-state index in [-0.39, 0.29) is 0 Å². The van der Waals surface area contributed by atoms with E-state index < -0.39 is 0 Å². The molecule has 0 nitrogen and oxygen atoms in total. The normalized spacial score (nSPS) is 46.6. The monoisotopic (exact) mass is 328 g/mol. The van der Waals surface area contributed by atoms with Crippen LogP contribution in [-0.2, 0) is 0 Å². The first-order chi connectivity index (χ1) is 11.6. The van der Waals surface area contributed by atoms with Crippen LogP contribution < -0.4 is 0 Å². The van der Waals surface area contributed by atoms with Crippen LogP contribution in [0.5, 0.6) is 0 Å². The summed E-state index contributed by atoms with van der Waals surface area (Å²) in [6.45, 7) is 13.9.